The summed E-state index contributed by atoms with van der Waals surface area (Å²) in [6.45, 7) is 0. The number of amides is 1. The van der Waals surface area contributed by atoms with Gasteiger partial charge in [0.2, 0.25) is 5.91 Å². The van der Waals surface area contributed by atoms with Gasteiger partial charge in [0.1, 0.15) is 11.5 Å². The van der Waals surface area contributed by atoms with Gasteiger partial charge >= 0.3 is 0 Å². The maximum absolute atomic E-state index is 12.9. The number of imidazole rings is 1. The highest BCUT2D eigenvalue weighted by atomic mass is 32.2. The number of fused-ring (bicyclic) bond motifs is 1. The summed E-state index contributed by atoms with van der Waals surface area (Å²) in [6.07, 6.45) is 3.93. The Bertz CT molecular complexity index is 1040. The van der Waals surface area contributed by atoms with Crippen LogP contribution >= 0.6 is 11.8 Å². The first-order valence-electron chi connectivity index (χ1n) is 8.40. The maximum atomic E-state index is 12.9. The molecule has 0 fully saturated rings. The molecule has 0 aliphatic rings. The van der Waals surface area contributed by atoms with Crippen LogP contribution in [-0.4, -0.2) is 21.0 Å². The molecule has 4 aromatic rings. The van der Waals surface area contributed by atoms with Gasteiger partial charge in [0.05, 0.1) is 11.4 Å². The number of carbonyl (C=O) groups is 1. The van der Waals surface area contributed by atoms with E-state index in [1.807, 2.05) is 59.3 Å². The SMILES string of the molecule is O=C(CSc1ccc(F)cc1)Nc1ccc(-c2cn3ccccc3n2)cc1. The van der Waals surface area contributed by atoms with Gasteiger partial charge in [0.15, 0.2) is 0 Å². The van der Waals surface area contributed by atoms with Crippen molar-refractivity contribution in [2.45, 2.75) is 4.90 Å². The van der Waals surface area contributed by atoms with Crippen LogP contribution in [0, 0.1) is 5.82 Å². The lowest BCUT2D eigenvalue weighted by Gasteiger charge is -2.06. The van der Waals surface area contributed by atoms with Crippen molar-refractivity contribution in [3.05, 3.63) is 84.9 Å². The fourth-order valence-corrected chi connectivity index (χ4v) is 3.37. The number of aromatic nitrogens is 2. The first-order valence-corrected chi connectivity index (χ1v) is 9.38. The monoisotopic (exact) mass is 377 g/mol. The van der Waals surface area contributed by atoms with E-state index < -0.39 is 0 Å². The number of hydrogen-bond acceptors (Lipinski definition) is 3. The minimum Gasteiger partial charge on any atom is -0.325 e. The predicted molar refractivity (Wildman–Crippen MR) is 106 cm³/mol. The highest BCUT2D eigenvalue weighted by Crippen LogP contribution is 2.22. The van der Waals surface area contributed by atoms with E-state index in [-0.39, 0.29) is 17.5 Å². The molecule has 2 heterocycles. The molecule has 2 aromatic carbocycles. The Kier molecular flexibility index (Phi) is 4.89. The van der Waals surface area contributed by atoms with Gasteiger partial charge in [-0.2, -0.15) is 0 Å². The molecule has 0 unspecified atom stereocenters. The Morgan fingerprint density at radius 3 is 2.56 bits per heavy atom. The van der Waals surface area contributed by atoms with E-state index in [0.717, 1.165) is 27.5 Å². The molecule has 0 atom stereocenters. The van der Waals surface area contributed by atoms with Crippen molar-refractivity contribution in [3.8, 4) is 11.3 Å². The fraction of sp³-hybridized carbons (Fsp3) is 0.0476. The summed E-state index contributed by atoms with van der Waals surface area (Å²) in [5.74, 6) is -0.126. The Balaban J connectivity index is 1.38. The predicted octanol–water partition coefficient (Wildman–Crippen LogP) is 4.87. The third kappa shape index (κ3) is 4.17. The summed E-state index contributed by atoms with van der Waals surface area (Å²) in [4.78, 5) is 17.5. The number of carbonyl (C=O) groups excluding carboxylic acids is 1. The number of halogens is 1. The molecule has 27 heavy (non-hydrogen) atoms. The minimum absolute atomic E-state index is 0.107. The van der Waals surface area contributed by atoms with E-state index in [4.69, 9.17) is 0 Å². The van der Waals surface area contributed by atoms with E-state index in [1.165, 1.54) is 23.9 Å². The van der Waals surface area contributed by atoms with Crippen molar-refractivity contribution in [1.29, 1.82) is 0 Å². The highest BCUT2D eigenvalue weighted by Gasteiger charge is 2.07. The average molecular weight is 377 g/mol. The molecule has 0 saturated carbocycles. The molecule has 0 bridgehead atoms. The van der Waals surface area contributed by atoms with Gasteiger partial charge in [-0.3, -0.25) is 4.79 Å². The lowest BCUT2D eigenvalue weighted by atomic mass is 10.1. The Morgan fingerprint density at radius 1 is 1.04 bits per heavy atom. The van der Waals surface area contributed by atoms with Crippen LogP contribution in [0.2, 0.25) is 0 Å². The summed E-state index contributed by atoms with van der Waals surface area (Å²) in [5.41, 5.74) is 3.48. The number of rotatable bonds is 5. The summed E-state index contributed by atoms with van der Waals surface area (Å²) < 4.78 is 14.9. The molecule has 134 valence electrons. The fourth-order valence-electron chi connectivity index (χ4n) is 2.67. The van der Waals surface area contributed by atoms with E-state index >= 15 is 0 Å². The largest absolute Gasteiger partial charge is 0.325 e. The topological polar surface area (TPSA) is 46.4 Å². The van der Waals surface area contributed by atoms with Crippen LogP contribution in [-0.2, 0) is 4.79 Å². The van der Waals surface area contributed by atoms with E-state index in [2.05, 4.69) is 10.3 Å². The van der Waals surface area contributed by atoms with Gasteiger partial charge in [-0.05, 0) is 48.5 Å². The highest BCUT2D eigenvalue weighted by molar-refractivity contribution is 8.00. The first kappa shape index (κ1) is 17.3. The third-order valence-electron chi connectivity index (χ3n) is 4.01. The molecule has 4 rings (SSSR count). The molecule has 0 aliphatic heterocycles. The zero-order valence-electron chi connectivity index (χ0n) is 14.3. The number of thioether (sulfide) groups is 1. The zero-order valence-corrected chi connectivity index (χ0v) is 15.1. The molecule has 6 heteroatoms. The Morgan fingerprint density at radius 2 is 1.81 bits per heavy atom. The van der Waals surface area contributed by atoms with Gasteiger partial charge in [0.25, 0.3) is 0 Å². The van der Waals surface area contributed by atoms with Gasteiger partial charge < -0.3 is 9.72 Å². The number of anilines is 1. The van der Waals surface area contributed by atoms with Crippen LogP contribution < -0.4 is 5.32 Å². The van der Waals surface area contributed by atoms with Crippen molar-refractivity contribution in [2.24, 2.45) is 0 Å². The smallest absolute Gasteiger partial charge is 0.234 e. The second-order valence-electron chi connectivity index (χ2n) is 5.96. The summed E-state index contributed by atoms with van der Waals surface area (Å²) in [6, 6.07) is 19.6. The van der Waals surface area contributed by atoms with Crippen LogP contribution in [0.3, 0.4) is 0 Å². The molecular formula is C21H16FN3OS. The zero-order chi connectivity index (χ0) is 18.6. The normalized spacial score (nSPS) is 10.9. The lowest BCUT2D eigenvalue weighted by molar-refractivity contribution is -0.113. The van der Waals surface area contributed by atoms with Gasteiger partial charge in [-0.1, -0.05) is 18.2 Å². The minimum atomic E-state index is -0.283. The second kappa shape index (κ2) is 7.63. The molecule has 0 radical (unpaired) electrons. The van der Waals surface area contributed by atoms with Crippen molar-refractivity contribution < 1.29 is 9.18 Å². The average Bonchev–Trinajstić information content (AvgIpc) is 3.12. The molecule has 4 nitrogen and oxygen atoms in total. The van der Waals surface area contributed by atoms with Crippen molar-refractivity contribution in [2.75, 3.05) is 11.1 Å². The van der Waals surface area contributed by atoms with E-state index in [1.54, 1.807) is 12.1 Å². The first-order chi connectivity index (χ1) is 13.2. The quantitative estimate of drug-likeness (QED) is 0.505. The Hall–Kier alpha value is -3.12. The number of nitrogens with one attached hydrogen (secondary N) is 1. The number of nitrogens with zero attached hydrogens (tertiary/aromatic N) is 2. The van der Waals surface area contributed by atoms with Gasteiger partial charge in [0, 0.05) is 28.5 Å². The standard InChI is InChI=1S/C21H16FN3OS/c22-16-6-10-18(11-7-16)27-14-21(26)23-17-8-4-15(5-9-17)19-13-25-12-2-1-3-20(25)24-19/h1-13H,14H2,(H,23,26). The number of pyridine rings is 1. The second-order valence-corrected chi connectivity index (χ2v) is 7.01. The maximum Gasteiger partial charge on any atom is 0.234 e. The van der Waals surface area contributed by atoms with Crippen LogP contribution in [0.25, 0.3) is 16.9 Å². The number of hydrogen-bond donors (Lipinski definition) is 1. The summed E-state index contributed by atoms with van der Waals surface area (Å²) in [5, 5.41) is 2.87. The Labute approximate surface area is 160 Å². The lowest BCUT2D eigenvalue weighted by Crippen LogP contribution is -2.13. The van der Waals surface area contributed by atoms with Crippen molar-refractivity contribution in [3.63, 3.8) is 0 Å². The van der Waals surface area contributed by atoms with Crippen LogP contribution in [0.4, 0.5) is 10.1 Å². The van der Waals surface area contributed by atoms with Gasteiger partial charge in [-0.15, -0.1) is 11.8 Å². The van der Waals surface area contributed by atoms with Crippen molar-refractivity contribution in [1.82, 2.24) is 9.38 Å². The molecule has 1 amide bonds. The van der Waals surface area contributed by atoms with Crippen LogP contribution in [0.5, 0.6) is 0 Å². The van der Waals surface area contributed by atoms with Crippen LogP contribution in [0.1, 0.15) is 0 Å². The van der Waals surface area contributed by atoms with E-state index in [9.17, 15) is 9.18 Å². The molecule has 0 aliphatic carbocycles. The van der Waals surface area contributed by atoms with Gasteiger partial charge in [-0.25, -0.2) is 9.37 Å². The summed E-state index contributed by atoms with van der Waals surface area (Å²) >= 11 is 1.37. The molecule has 0 saturated heterocycles. The number of benzene rings is 2. The van der Waals surface area contributed by atoms with Crippen LogP contribution in [0.15, 0.2) is 84.0 Å². The molecule has 1 N–H and O–H groups in total. The molecule has 0 spiro atoms. The summed E-state index contributed by atoms with van der Waals surface area (Å²) in [7, 11) is 0. The molecule has 2 aromatic heterocycles. The van der Waals surface area contributed by atoms with Crippen molar-refractivity contribution >= 4 is 29.0 Å². The third-order valence-corrected chi connectivity index (χ3v) is 5.02. The molecular weight excluding hydrogens is 361 g/mol. The van der Waals surface area contributed by atoms with E-state index in [0.29, 0.717) is 0 Å².